The van der Waals surface area contributed by atoms with Gasteiger partial charge in [-0.25, -0.2) is 13.6 Å². The number of aliphatic carboxylic acids is 1. The first-order valence-electron chi connectivity index (χ1n) is 7.42. The second-order valence-corrected chi connectivity index (χ2v) is 5.66. The molecule has 3 unspecified atom stereocenters. The molecule has 0 aliphatic heterocycles. The molecule has 3 atom stereocenters. The highest BCUT2D eigenvalue weighted by atomic mass is 19.1. The summed E-state index contributed by atoms with van der Waals surface area (Å²) in [5.41, 5.74) is 0.307. The van der Waals surface area contributed by atoms with Crippen molar-refractivity contribution in [1.82, 2.24) is 5.32 Å². The molecule has 1 aliphatic carbocycles. The molecular weight excluding hydrogens is 292 g/mol. The molecule has 4 nitrogen and oxygen atoms in total. The number of rotatable bonds is 7. The summed E-state index contributed by atoms with van der Waals surface area (Å²) < 4.78 is 26.6. The van der Waals surface area contributed by atoms with Crippen molar-refractivity contribution < 1.29 is 23.5 Å². The number of carbonyl (C=O) groups is 2. The van der Waals surface area contributed by atoms with Crippen LogP contribution in [0.2, 0.25) is 0 Å². The van der Waals surface area contributed by atoms with E-state index in [0.29, 0.717) is 24.8 Å². The Labute approximate surface area is 127 Å². The summed E-state index contributed by atoms with van der Waals surface area (Å²) in [6, 6.07) is 2.39. The Bertz CT molecular complexity index is 577. The number of nitrogens with one attached hydrogen (secondary N) is 1. The number of amides is 1. The van der Waals surface area contributed by atoms with Gasteiger partial charge in [-0.15, -0.1) is 0 Å². The van der Waals surface area contributed by atoms with Crippen LogP contribution in [0.1, 0.15) is 44.1 Å². The van der Waals surface area contributed by atoms with Crippen LogP contribution in [-0.4, -0.2) is 23.0 Å². The lowest BCUT2D eigenvalue weighted by atomic mass is 10.1. The number of unbranched alkanes of at least 4 members (excludes halogenated alkanes) is 1. The van der Waals surface area contributed by atoms with E-state index in [1.807, 2.05) is 6.92 Å². The number of hydrogen-bond acceptors (Lipinski definition) is 2. The second kappa shape index (κ2) is 6.85. The molecule has 0 saturated heterocycles. The monoisotopic (exact) mass is 311 g/mol. The van der Waals surface area contributed by atoms with Crippen LogP contribution >= 0.6 is 0 Å². The van der Waals surface area contributed by atoms with E-state index in [1.165, 1.54) is 6.07 Å². The molecule has 1 amide bonds. The molecule has 0 radical (unpaired) electrons. The van der Waals surface area contributed by atoms with Crippen LogP contribution in [0.3, 0.4) is 0 Å². The predicted molar refractivity (Wildman–Crippen MR) is 76.3 cm³/mol. The Kier molecular flexibility index (Phi) is 5.11. The van der Waals surface area contributed by atoms with E-state index in [4.69, 9.17) is 5.11 Å². The third kappa shape index (κ3) is 3.81. The molecule has 1 aliphatic rings. The topological polar surface area (TPSA) is 66.4 Å². The van der Waals surface area contributed by atoms with Gasteiger partial charge < -0.3 is 10.4 Å². The summed E-state index contributed by atoms with van der Waals surface area (Å²) in [5.74, 6) is -3.51. The van der Waals surface area contributed by atoms with Gasteiger partial charge >= 0.3 is 5.97 Å². The standard InChI is InChI=1S/C16H19F2NO3/c1-2-3-4-14(16(21)22)19-15(20)12-8-11(12)10-6-5-9(17)7-13(10)18/h5-7,11-12,14H,2-4,8H2,1H3,(H,19,20)(H,21,22). The molecule has 0 heterocycles. The van der Waals surface area contributed by atoms with Gasteiger partial charge in [-0.1, -0.05) is 25.8 Å². The van der Waals surface area contributed by atoms with Crippen molar-refractivity contribution >= 4 is 11.9 Å². The number of benzene rings is 1. The lowest BCUT2D eigenvalue weighted by Gasteiger charge is -2.14. The summed E-state index contributed by atoms with van der Waals surface area (Å²) in [6.07, 6.45) is 2.37. The van der Waals surface area contributed by atoms with E-state index in [1.54, 1.807) is 0 Å². The van der Waals surface area contributed by atoms with Crippen LogP contribution in [0.5, 0.6) is 0 Å². The maximum atomic E-state index is 13.7. The molecule has 0 bridgehead atoms. The minimum absolute atomic E-state index is 0.304. The summed E-state index contributed by atoms with van der Waals surface area (Å²) in [4.78, 5) is 23.2. The zero-order valence-corrected chi connectivity index (χ0v) is 12.3. The number of hydrogen-bond donors (Lipinski definition) is 2. The van der Waals surface area contributed by atoms with Crippen molar-refractivity contribution in [1.29, 1.82) is 0 Å². The van der Waals surface area contributed by atoms with Crippen LogP contribution in [-0.2, 0) is 9.59 Å². The zero-order valence-electron chi connectivity index (χ0n) is 12.3. The largest absolute Gasteiger partial charge is 0.480 e. The zero-order chi connectivity index (χ0) is 16.3. The van der Waals surface area contributed by atoms with Crippen molar-refractivity contribution in [3.63, 3.8) is 0 Å². The molecule has 1 saturated carbocycles. The van der Waals surface area contributed by atoms with Gasteiger partial charge in [-0.3, -0.25) is 4.79 Å². The summed E-state index contributed by atoms with van der Waals surface area (Å²) in [6.45, 7) is 1.94. The van der Waals surface area contributed by atoms with Gasteiger partial charge in [-0.05, 0) is 30.4 Å². The fraction of sp³-hybridized carbons (Fsp3) is 0.500. The first-order chi connectivity index (χ1) is 10.4. The van der Waals surface area contributed by atoms with Gasteiger partial charge in [0.05, 0.1) is 0 Å². The van der Waals surface area contributed by atoms with E-state index >= 15 is 0 Å². The summed E-state index contributed by atoms with van der Waals surface area (Å²) >= 11 is 0. The van der Waals surface area contributed by atoms with Crippen molar-refractivity contribution in [2.45, 2.75) is 44.6 Å². The van der Waals surface area contributed by atoms with Gasteiger partial charge in [0.1, 0.15) is 17.7 Å². The smallest absolute Gasteiger partial charge is 0.326 e. The molecule has 6 heteroatoms. The SMILES string of the molecule is CCCCC(NC(=O)C1CC1c1ccc(F)cc1F)C(=O)O. The van der Waals surface area contributed by atoms with E-state index in [-0.39, 0.29) is 11.8 Å². The molecule has 0 aromatic heterocycles. The van der Waals surface area contributed by atoms with Crippen molar-refractivity contribution in [3.8, 4) is 0 Å². The lowest BCUT2D eigenvalue weighted by molar-refractivity contribution is -0.142. The fourth-order valence-electron chi connectivity index (χ4n) is 2.58. The first-order valence-corrected chi connectivity index (χ1v) is 7.42. The van der Waals surface area contributed by atoms with Gasteiger partial charge in [0.25, 0.3) is 0 Å². The Morgan fingerprint density at radius 3 is 2.73 bits per heavy atom. The van der Waals surface area contributed by atoms with E-state index in [9.17, 15) is 18.4 Å². The van der Waals surface area contributed by atoms with Crippen LogP contribution in [0.4, 0.5) is 8.78 Å². The normalized spacial score (nSPS) is 21.2. The third-order valence-corrected chi connectivity index (χ3v) is 3.95. The molecule has 0 spiro atoms. The van der Waals surface area contributed by atoms with Gasteiger partial charge in [-0.2, -0.15) is 0 Å². The van der Waals surface area contributed by atoms with Gasteiger partial charge in [0.2, 0.25) is 5.91 Å². The number of halogens is 2. The number of carboxylic acids is 1. The van der Waals surface area contributed by atoms with Gasteiger partial charge in [0, 0.05) is 12.0 Å². The average molecular weight is 311 g/mol. The molecular formula is C16H19F2NO3. The molecule has 1 aromatic carbocycles. The molecule has 120 valence electrons. The number of carbonyl (C=O) groups excluding carboxylic acids is 1. The predicted octanol–water partition coefficient (Wildman–Crippen LogP) is 2.83. The molecule has 1 fully saturated rings. The van der Waals surface area contributed by atoms with Crippen molar-refractivity contribution in [3.05, 3.63) is 35.4 Å². The van der Waals surface area contributed by atoms with Crippen LogP contribution in [0, 0.1) is 17.6 Å². The third-order valence-electron chi connectivity index (χ3n) is 3.95. The summed E-state index contributed by atoms with van der Waals surface area (Å²) in [5, 5.41) is 11.6. The highest BCUT2D eigenvalue weighted by Gasteiger charge is 2.46. The van der Waals surface area contributed by atoms with E-state index in [0.717, 1.165) is 18.6 Å². The van der Waals surface area contributed by atoms with Crippen molar-refractivity contribution in [2.24, 2.45) is 5.92 Å². The fourth-order valence-corrected chi connectivity index (χ4v) is 2.58. The van der Waals surface area contributed by atoms with Crippen molar-refractivity contribution in [2.75, 3.05) is 0 Å². The number of carboxylic acid groups (broad SMARTS) is 1. The lowest BCUT2D eigenvalue weighted by Crippen LogP contribution is -2.41. The van der Waals surface area contributed by atoms with Crippen LogP contribution in [0.25, 0.3) is 0 Å². The molecule has 1 aromatic rings. The Balaban J connectivity index is 1.96. The van der Waals surface area contributed by atoms with E-state index in [2.05, 4.69) is 5.32 Å². The maximum absolute atomic E-state index is 13.7. The average Bonchev–Trinajstić information content (AvgIpc) is 3.23. The van der Waals surface area contributed by atoms with E-state index < -0.39 is 29.6 Å². The summed E-state index contributed by atoms with van der Waals surface area (Å²) in [7, 11) is 0. The van der Waals surface area contributed by atoms with Crippen LogP contribution < -0.4 is 5.32 Å². The minimum Gasteiger partial charge on any atom is -0.480 e. The second-order valence-electron chi connectivity index (χ2n) is 5.66. The maximum Gasteiger partial charge on any atom is 0.326 e. The Morgan fingerprint density at radius 1 is 1.41 bits per heavy atom. The Morgan fingerprint density at radius 2 is 2.14 bits per heavy atom. The quantitative estimate of drug-likeness (QED) is 0.814. The highest BCUT2D eigenvalue weighted by Crippen LogP contribution is 2.48. The van der Waals surface area contributed by atoms with Crippen LogP contribution in [0.15, 0.2) is 18.2 Å². The Hall–Kier alpha value is -1.98. The molecule has 2 N–H and O–H groups in total. The highest BCUT2D eigenvalue weighted by molar-refractivity contribution is 5.87. The van der Waals surface area contributed by atoms with Gasteiger partial charge in [0.15, 0.2) is 0 Å². The minimum atomic E-state index is -1.06. The molecule has 2 rings (SSSR count). The molecule has 22 heavy (non-hydrogen) atoms. The first kappa shape index (κ1) is 16.4.